The Hall–Kier alpha value is -1.49. The quantitative estimate of drug-likeness (QED) is 0.667. The zero-order chi connectivity index (χ0) is 14.7. The summed E-state index contributed by atoms with van der Waals surface area (Å²) in [5.74, 6) is 4.82. The van der Waals surface area contributed by atoms with Crippen molar-refractivity contribution in [2.75, 3.05) is 0 Å². The lowest BCUT2D eigenvalue weighted by Crippen LogP contribution is -2.30. The lowest BCUT2D eigenvalue weighted by atomic mass is 9.97. The summed E-state index contributed by atoms with van der Waals surface area (Å²) in [4.78, 5) is 0. The van der Waals surface area contributed by atoms with E-state index in [1.807, 2.05) is 0 Å². The highest BCUT2D eigenvalue weighted by molar-refractivity contribution is 6.31. The van der Waals surface area contributed by atoms with Gasteiger partial charge < -0.3 is 0 Å². The van der Waals surface area contributed by atoms with Crippen molar-refractivity contribution in [1.82, 2.24) is 5.43 Å². The summed E-state index contributed by atoms with van der Waals surface area (Å²) in [6.45, 7) is 1.69. The van der Waals surface area contributed by atoms with E-state index in [1.54, 1.807) is 31.2 Å². The average molecular weight is 297 g/mol. The molecule has 106 valence electrons. The SMILES string of the molecule is Cc1cccc(C(Cc2ccc(F)cc2Cl)NN)c1F. The molecule has 2 rings (SSSR count). The molecule has 1 atom stereocenters. The van der Waals surface area contributed by atoms with Crippen LogP contribution in [0.3, 0.4) is 0 Å². The Bertz CT molecular complexity index is 617. The normalized spacial score (nSPS) is 12.4. The molecule has 2 nitrogen and oxygen atoms in total. The van der Waals surface area contributed by atoms with Crippen LogP contribution in [0, 0.1) is 18.6 Å². The summed E-state index contributed by atoms with van der Waals surface area (Å²) in [7, 11) is 0. The standard InChI is InChI=1S/C15H15ClF2N2/c1-9-3-2-4-12(15(9)18)14(20-19)7-10-5-6-11(17)8-13(10)16/h2-6,8,14,20H,7,19H2,1H3. The molecule has 20 heavy (non-hydrogen) atoms. The predicted molar refractivity (Wildman–Crippen MR) is 76.3 cm³/mol. The van der Waals surface area contributed by atoms with Gasteiger partial charge >= 0.3 is 0 Å². The number of hydrogen-bond donors (Lipinski definition) is 2. The number of hydrazine groups is 1. The first kappa shape index (κ1) is 14.9. The van der Waals surface area contributed by atoms with Gasteiger partial charge in [-0.3, -0.25) is 11.3 Å². The number of hydrogen-bond acceptors (Lipinski definition) is 2. The fourth-order valence-corrected chi connectivity index (χ4v) is 2.35. The minimum absolute atomic E-state index is 0.298. The molecule has 0 aliphatic heterocycles. The number of rotatable bonds is 4. The summed E-state index contributed by atoms with van der Waals surface area (Å²) in [5, 5.41) is 0.304. The van der Waals surface area contributed by atoms with Gasteiger partial charge in [-0.05, 0) is 36.6 Å². The van der Waals surface area contributed by atoms with Crippen LogP contribution in [0.1, 0.15) is 22.7 Å². The van der Waals surface area contributed by atoms with Crippen molar-refractivity contribution in [1.29, 1.82) is 0 Å². The number of nitrogens with two attached hydrogens (primary N) is 1. The van der Waals surface area contributed by atoms with Gasteiger partial charge in [0.15, 0.2) is 0 Å². The van der Waals surface area contributed by atoms with Gasteiger partial charge in [0.1, 0.15) is 11.6 Å². The molecule has 0 saturated carbocycles. The van der Waals surface area contributed by atoms with Crippen LogP contribution in [0.25, 0.3) is 0 Å². The molecular weight excluding hydrogens is 282 g/mol. The maximum atomic E-state index is 14.1. The van der Waals surface area contributed by atoms with Crippen LogP contribution in [0.4, 0.5) is 8.78 Å². The van der Waals surface area contributed by atoms with Gasteiger partial charge in [0.05, 0.1) is 6.04 Å². The highest BCUT2D eigenvalue weighted by atomic mass is 35.5. The lowest BCUT2D eigenvalue weighted by Gasteiger charge is -2.18. The van der Waals surface area contributed by atoms with Gasteiger partial charge in [0.2, 0.25) is 0 Å². The van der Waals surface area contributed by atoms with Crippen molar-refractivity contribution >= 4 is 11.6 Å². The molecule has 0 fully saturated rings. The van der Waals surface area contributed by atoms with Gasteiger partial charge in [0, 0.05) is 10.6 Å². The Kier molecular flexibility index (Phi) is 4.70. The molecule has 0 aromatic heterocycles. The maximum Gasteiger partial charge on any atom is 0.130 e. The van der Waals surface area contributed by atoms with E-state index in [2.05, 4.69) is 5.43 Å². The molecule has 0 heterocycles. The van der Waals surface area contributed by atoms with Crippen molar-refractivity contribution in [2.45, 2.75) is 19.4 Å². The largest absolute Gasteiger partial charge is 0.271 e. The minimum atomic E-state index is -0.433. The molecular formula is C15H15ClF2N2. The molecule has 0 radical (unpaired) electrons. The van der Waals surface area contributed by atoms with Crippen LogP contribution in [-0.2, 0) is 6.42 Å². The highest BCUT2D eigenvalue weighted by Crippen LogP contribution is 2.26. The molecule has 5 heteroatoms. The summed E-state index contributed by atoms with van der Waals surface area (Å²) in [5.41, 5.74) is 4.30. The van der Waals surface area contributed by atoms with Crippen molar-refractivity contribution in [3.05, 3.63) is 69.7 Å². The van der Waals surface area contributed by atoms with Crippen molar-refractivity contribution in [3.63, 3.8) is 0 Å². The van der Waals surface area contributed by atoms with Gasteiger partial charge in [-0.1, -0.05) is 35.9 Å². The number of nitrogens with one attached hydrogen (secondary N) is 1. The number of benzene rings is 2. The predicted octanol–water partition coefficient (Wildman–Crippen LogP) is 3.67. The van der Waals surface area contributed by atoms with Crippen LogP contribution < -0.4 is 11.3 Å². The van der Waals surface area contributed by atoms with Crippen LogP contribution >= 0.6 is 11.6 Å². The molecule has 0 spiro atoms. The van der Waals surface area contributed by atoms with E-state index in [9.17, 15) is 8.78 Å². The van der Waals surface area contributed by atoms with Gasteiger partial charge in [-0.2, -0.15) is 0 Å². The summed E-state index contributed by atoms with van der Waals surface area (Å²) < 4.78 is 27.1. The first-order valence-corrected chi connectivity index (χ1v) is 6.55. The number of aryl methyl sites for hydroxylation is 1. The summed E-state index contributed by atoms with van der Waals surface area (Å²) >= 11 is 5.99. The molecule has 2 aromatic carbocycles. The molecule has 0 aliphatic rings. The molecule has 0 saturated heterocycles. The molecule has 0 amide bonds. The fraction of sp³-hybridized carbons (Fsp3) is 0.200. The first-order valence-electron chi connectivity index (χ1n) is 6.18. The van der Waals surface area contributed by atoms with Crippen molar-refractivity contribution in [3.8, 4) is 0 Å². The molecule has 3 N–H and O–H groups in total. The minimum Gasteiger partial charge on any atom is -0.271 e. The molecule has 1 unspecified atom stereocenters. The lowest BCUT2D eigenvalue weighted by molar-refractivity contribution is 0.507. The van der Waals surface area contributed by atoms with E-state index in [0.29, 0.717) is 28.1 Å². The Balaban J connectivity index is 2.31. The third-order valence-electron chi connectivity index (χ3n) is 3.24. The van der Waals surface area contributed by atoms with E-state index in [4.69, 9.17) is 17.4 Å². The second-order valence-corrected chi connectivity index (χ2v) is 5.04. The highest BCUT2D eigenvalue weighted by Gasteiger charge is 2.17. The van der Waals surface area contributed by atoms with Gasteiger partial charge in [-0.25, -0.2) is 8.78 Å². The maximum absolute atomic E-state index is 14.1. The van der Waals surface area contributed by atoms with E-state index < -0.39 is 11.9 Å². The van der Waals surface area contributed by atoms with Crippen molar-refractivity contribution < 1.29 is 8.78 Å². The van der Waals surface area contributed by atoms with Crippen LogP contribution in [0.2, 0.25) is 5.02 Å². The second kappa shape index (κ2) is 6.31. The zero-order valence-electron chi connectivity index (χ0n) is 11.0. The zero-order valence-corrected chi connectivity index (χ0v) is 11.7. The average Bonchev–Trinajstić information content (AvgIpc) is 2.42. The van der Waals surface area contributed by atoms with E-state index in [1.165, 1.54) is 12.1 Å². The van der Waals surface area contributed by atoms with E-state index >= 15 is 0 Å². The molecule has 2 aromatic rings. The van der Waals surface area contributed by atoms with E-state index in [0.717, 1.165) is 0 Å². The summed E-state index contributed by atoms with van der Waals surface area (Å²) in [6.07, 6.45) is 0.371. The van der Waals surface area contributed by atoms with Crippen LogP contribution in [-0.4, -0.2) is 0 Å². The number of halogens is 3. The Morgan fingerprint density at radius 3 is 2.65 bits per heavy atom. The molecule has 0 bridgehead atoms. The van der Waals surface area contributed by atoms with Crippen LogP contribution in [0.5, 0.6) is 0 Å². The van der Waals surface area contributed by atoms with Gasteiger partial charge in [-0.15, -0.1) is 0 Å². The first-order chi connectivity index (χ1) is 9.52. The third-order valence-corrected chi connectivity index (χ3v) is 3.59. The monoisotopic (exact) mass is 296 g/mol. The summed E-state index contributed by atoms with van der Waals surface area (Å²) in [6, 6.07) is 8.83. The molecule has 0 aliphatic carbocycles. The Morgan fingerprint density at radius 2 is 2.00 bits per heavy atom. The van der Waals surface area contributed by atoms with Crippen molar-refractivity contribution in [2.24, 2.45) is 5.84 Å². The van der Waals surface area contributed by atoms with E-state index in [-0.39, 0.29) is 5.82 Å². The fourth-order valence-electron chi connectivity index (χ4n) is 2.11. The topological polar surface area (TPSA) is 38.0 Å². The third kappa shape index (κ3) is 3.15. The smallest absolute Gasteiger partial charge is 0.130 e. The van der Waals surface area contributed by atoms with Crippen LogP contribution in [0.15, 0.2) is 36.4 Å². The Morgan fingerprint density at radius 1 is 1.25 bits per heavy atom. The van der Waals surface area contributed by atoms with Gasteiger partial charge in [0.25, 0.3) is 0 Å². The Labute approximate surface area is 121 Å². The second-order valence-electron chi connectivity index (χ2n) is 4.64.